The fraction of sp³-hybridized carbons (Fsp3) is 0.222. The average molecular weight is 347 g/mol. The number of benzene rings is 2. The lowest BCUT2D eigenvalue weighted by molar-refractivity contribution is -0.137. The highest BCUT2D eigenvalue weighted by atomic mass is 19.1. The van der Waals surface area contributed by atoms with Crippen molar-refractivity contribution in [2.45, 2.75) is 12.5 Å². The lowest BCUT2D eigenvalue weighted by atomic mass is 10.0. The Labute approximate surface area is 144 Å². The van der Waals surface area contributed by atoms with Gasteiger partial charge in [-0.3, -0.25) is 9.59 Å². The van der Waals surface area contributed by atoms with Crippen LogP contribution in [0.15, 0.2) is 48.5 Å². The van der Waals surface area contributed by atoms with E-state index in [4.69, 9.17) is 14.6 Å². The predicted molar refractivity (Wildman–Crippen MR) is 88.0 cm³/mol. The zero-order valence-electron chi connectivity index (χ0n) is 13.6. The van der Waals surface area contributed by atoms with Gasteiger partial charge in [-0.25, -0.2) is 4.39 Å². The summed E-state index contributed by atoms with van der Waals surface area (Å²) >= 11 is 0. The Balaban J connectivity index is 2.01. The Bertz CT molecular complexity index is 733. The summed E-state index contributed by atoms with van der Waals surface area (Å²) in [6.07, 6.45) is -0.327. The summed E-state index contributed by atoms with van der Waals surface area (Å²) in [5, 5.41) is 11.6. The summed E-state index contributed by atoms with van der Waals surface area (Å²) in [6.45, 7) is -0.308. The monoisotopic (exact) mass is 347 g/mol. The van der Waals surface area contributed by atoms with Gasteiger partial charge >= 0.3 is 5.97 Å². The van der Waals surface area contributed by atoms with Crippen molar-refractivity contribution in [1.29, 1.82) is 0 Å². The third kappa shape index (κ3) is 5.49. The molecule has 2 aromatic rings. The van der Waals surface area contributed by atoms with Crippen LogP contribution < -0.4 is 14.8 Å². The Morgan fingerprint density at radius 2 is 1.76 bits per heavy atom. The van der Waals surface area contributed by atoms with Gasteiger partial charge in [0.15, 0.2) is 18.1 Å². The fourth-order valence-electron chi connectivity index (χ4n) is 2.24. The summed E-state index contributed by atoms with van der Waals surface area (Å²) < 4.78 is 23.5. The maximum absolute atomic E-state index is 13.0. The minimum Gasteiger partial charge on any atom is -0.493 e. The Morgan fingerprint density at radius 3 is 2.36 bits per heavy atom. The number of nitrogens with one attached hydrogen (secondary N) is 1. The summed E-state index contributed by atoms with van der Waals surface area (Å²) in [7, 11) is 1.49. The van der Waals surface area contributed by atoms with E-state index in [9.17, 15) is 14.0 Å². The number of methoxy groups -OCH3 is 1. The molecule has 0 aromatic heterocycles. The van der Waals surface area contributed by atoms with Gasteiger partial charge in [-0.05, 0) is 29.8 Å². The number of carbonyl (C=O) groups excluding carboxylic acids is 1. The molecule has 0 fully saturated rings. The lowest BCUT2D eigenvalue weighted by Gasteiger charge is -2.18. The molecule has 0 bridgehead atoms. The molecule has 0 unspecified atom stereocenters. The van der Waals surface area contributed by atoms with Crippen LogP contribution in [0.1, 0.15) is 18.0 Å². The van der Waals surface area contributed by atoms with Crippen LogP contribution in [0.4, 0.5) is 4.39 Å². The smallest absolute Gasteiger partial charge is 0.305 e. The molecule has 0 aliphatic carbocycles. The molecule has 1 amide bonds. The number of carboxylic acid groups (broad SMARTS) is 1. The minimum absolute atomic E-state index is 0.308. The first kappa shape index (κ1) is 18.3. The normalized spacial score (nSPS) is 11.4. The number of carboxylic acids is 1. The number of aliphatic carboxylic acids is 1. The Morgan fingerprint density at radius 1 is 1.12 bits per heavy atom. The Hall–Kier alpha value is -3.09. The van der Waals surface area contributed by atoms with E-state index < -0.39 is 23.7 Å². The molecule has 25 heavy (non-hydrogen) atoms. The van der Waals surface area contributed by atoms with E-state index in [0.717, 1.165) is 0 Å². The molecule has 0 radical (unpaired) electrons. The van der Waals surface area contributed by atoms with E-state index in [-0.39, 0.29) is 13.0 Å². The van der Waals surface area contributed by atoms with Gasteiger partial charge in [-0.15, -0.1) is 0 Å². The second-order valence-corrected chi connectivity index (χ2v) is 5.21. The molecule has 0 aliphatic rings. The van der Waals surface area contributed by atoms with Gasteiger partial charge in [0.25, 0.3) is 5.91 Å². The maximum atomic E-state index is 13.0. The Kier molecular flexibility index (Phi) is 6.33. The van der Waals surface area contributed by atoms with Crippen LogP contribution in [0.2, 0.25) is 0 Å². The molecule has 2 rings (SSSR count). The largest absolute Gasteiger partial charge is 0.493 e. The first-order chi connectivity index (χ1) is 12.0. The molecule has 0 aliphatic heterocycles. The summed E-state index contributed by atoms with van der Waals surface area (Å²) in [4.78, 5) is 23.1. The van der Waals surface area contributed by atoms with E-state index in [0.29, 0.717) is 17.1 Å². The topological polar surface area (TPSA) is 84.9 Å². The molecular weight excluding hydrogens is 329 g/mol. The summed E-state index contributed by atoms with van der Waals surface area (Å²) in [5.74, 6) is -1.14. The number of carbonyl (C=O) groups is 2. The van der Waals surface area contributed by atoms with Crippen molar-refractivity contribution >= 4 is 11.9 Å². The van der Waals surface area contributed by atoms with Gasteiger partial charge in [-0.2, -0.15) is 0 Å². The maximum Gasteiger partial charge on any atom is 0.305 e. The highest BCUT2D eigenvalue weighted by molar-refractivity contribution is 5.79. The molecule has 0 spiro atoms. The number of halogens is 1. The number of rotatable bonds is 8. The molecule has 0 heterocycles. The van der Waals surface area contributed by atoms with Crippen LogP contribution in [-0.4, -0.2) is 30.7 Å². The van der Waals surface area contributed by atoms with Crippen molar-refractivity contribution < 1.29 is 28.6 Å². The van der Waals surface area contributed by atoms with E-state index in [2.05, 4.69) is 5.32 Å². The van der Waals surface area contributed by atoms with Gasteiger partial charge in [0.1, 0.15) is 5.82 Å². The lowest BCUT2D eigenvalue weighted by Crippen LogP contribution is -2.33. The zero-order chi connectivity index (χ0) is 18.2. The van der Waals surface area contributed by atoms with Crippen molar-refractivity contribution in [2.24, 2.45) is 0 Å². The SMILES string of the molecule is COc1ccccc1OCC(=O)N[C@H](CC(=O)O)c1ccc(F)cc1. The molecule has 132 valence electrons. The van der Waals surface area contributed by atoms with Crippen LogP contribution in [-0.2, 0) is 9.59 Å². The third-order valence-corrected chi connectivity index (χ3v) is 3.41. The zero-order valence-corrected chi connectivity index (χ0v) is 13.6. The molecule has 0 saturated carbocycles. The van der Waals surface area contributed by atoms with Gasteiger partial charge in [0.05, 0.1) is 19.6 Å². The standard InChI is InChI=1S/C18H18FNO5/c1-24-15-4-2-3-5-16(15)25-11-17(21)20-14(10-18(22)23)12-6-8-13(19)9-7-12/h2-9,14H,10-11H2,1H3,(H,20,21)(H,22,23)/t14-/m1/s1. The van der Waals surface area contributed by atoms with Crippen molar-refractivity contribution in [3.05, 3.63) is 59.9 Å². The molecule has 2 aromatic carbocycles. The predicted octanol–water partition coefficient (Wildman–Crippen LogP) is 2.55. The van der Waals surface area contributed by atoms with Gasteiger partial charge in [0, 0.05) is 0 Å². The molecule has 1 atom stereocenters. The first-order valence-corrected chi connectivity index (χ1v) is 7.52. The van der Waals surface area contributed by atoms with Gasteiger partial charge in [0.2, 0.25) is 0 Å². The second-order valence-electron chi connectivity index (χ2n) is 5.21. The van der Waals surface area contributed by atoms with Crippen LogP contribution in [0.3, 0.4) is 0 Å². The van der Waals surface area contributed by atoms with Crippen molar-refractivity contribution in [3.63, 3.8) is 0 Å². The van der Waals surface area contributed by atoms with Crippen LogP contribution in [0, 0.1) is 5.82 Å². The second kappa shape index (κ2) is 8.68. The minimum atomic E-state index is -1.08. The number of hydrogen-bond acceptors (Lipinski definition) is 4. The van der Waals surface area contributed by atoms with Crippen LogP contribution >= 0.6 is 0 Å². The van der Waals surface area contributed by atoms with Gasteiger partial charge < -0.3 is 19.9 Å². The number of hydrogen-bond donors (Lipinski definition) is 2. The van der Waals surface area contributed by atoms with Crippen molar-refractivity contribution in [1.82, 2.24) is 5.32 Å². The number of para-hydroxylation sites is 2. The summed E-state index contributed by atoms with van der Waals surface area (Å²) in [5.41, 5.74) is 0.495. The first-order valence-electron chi connectivity index (χ1n) is 7.52. The molecule has 0 saturated heterocycles. The number of amides is 1. The molecule has 7 heteroatoms. The fourth-order valence-corrected chi connectivity index (χ4v) is 2.24. The van der Waals surface area contributed by atoms with Crippen LogP contribution in [0.25, 0.3) is 0 Å². The van der Waals surface area contributed by atoms with E-state index in [1.165, 1.54) is 31.4 Å². The van der Waals surface area contributed by atoms with Crippen molar-refractivity contribution in [2.75, 3.05) is 13.7 Å². The quantitative estimate of drug-likeness (QED) is 0.767. The average Bonchev–Trinajstić information content (AvgIpc) is 2.60. The van der Waals surface area contributed by atoms with Crippen LogP contribution in [0.5, 0.6) is 11.5 Å². The van der Waals surface area contributed by atoms with E-state index in [1.54, 1.807) is 24.3 Å². The molecule has 6 nitrogen and oxygen atoms in total. The molecule has 2 N–H and O–H groups in total. The van der Waals surface area contributed by atoms with Gasteiger partial charge in [-0.1, -0.05) is 24.3 Å². The van der Waals surface area contributed by atoms with E-state index >= 15 is 0 Å². The number of ether oxygens (including phenoxy) is 2. The summed E-state index contributed by atoms with van der Waals surface area (Å²) in [6, 6.07) is 11.4. The van der Waals surface area contributed by atoms with Crippen molar-refractivity contribution in [3.8, 4) is 11.5 Å². The van der Waals surface area contributed by atoms with E-state index in [1.807, 2.05) is 0 Å². The highest BCUT2D eigenvalue weighted by Gasteiger charge is 2.19. The molecular formula is C18H18FNO5. The third-order valence-electron chi connectivity index (χ3n) is 3.41. The highest BCUT2D eigenvalue weighted by Crippen LogP contribution is 2.25.